The molecule has 1 amide bonds. The lowest BCUT2D eigenvalue weighted by molar-refractivity contribution is 0.0985. The Hall–Kier alpha value is -2.03. The van der Waals surface area contributed by atoms with Gasteiger partial charge in [0.05, 0.1) is 27.2 Å². The molecule has 0 spiro atoms. The summed E-state index contributed by atoms with van der Waals surface area (Å²) in [7, 11) is 0. The smallest absolute Gasteiger partial charge is 0.263 e. The molecule has 10 heteroatoms. The highest BCUT2D eigenvalue weighted by molar-refractivity contribution is 7.99. The Labute approximate surface area is 198 Å². The number of anilines is 3. The maximum atomic E-state index is 13.1. The number of halogens is 3. The van der Waals surface area contributed by atoms with E-state index in [1.807, 2.05) is 6.07 Å². The average Bonchev–Trinajstić information content (AvgIpc) is 2.75. The lowest BCUT2D eigenvalue weighted by Crippen LogP contribution is -2.35. The number of benzene rings is 2. The second kappa shape index (κ2) is 8.48. The standard InChI is InChI=1S/C21H16Cl3N5OS/c22-15-2-1-3-16(23)18(15)29-10-31-19-14(20(29)30)9-26-21(28-19)27-12-6-11-4-5-25-8-13(11)17(24)7-12/h1-3,6-7,9,25H,4-5,8,10H2,(H,26,27,28). The molecular weight excluding hydrogens is 477 g/mol. The number of rotatable bonds is 3. The summed E-state index contributed by atoms with van der Waals surface area (Å²) in [5.74, 6) is 0.525. The van der Waals surface area contributed by atoms with Gasteiger partial charge in [-0.05, 0) is 48.4 Å². The molecule has 3 heterocycles. The number of para-hydroxylation sites is 1. The van der Waals surface area contributed by atoms with Gasteiger partial charge in [-0.25, -0.2) is 9.97 Å². The van der Waals surface area contributed by atoms with Crippen molar-refractivity contribution in [2.75, 3.05) is 22.6 Å². The minimum Gasteiger partial charge on any atom is -0.324 e. The average molecular weight is 493 g/mol. The fraction of sp³-hybridized carbons (Fsp3) is 0.190. The first kappa shape index (κ1) is 20.8. The van der Waals surface area contributed by atoms with Crippen LogP contribution in [0.2, 0.25) is 15.1 Å². The lowest BCUT2D eigenvalue weighted by Gasteiger charge is -2.28. The number of amides is 1. The zero-order chi connectivity index (χ0) is 21.5. The molecule has 158 valence electrons. The van der Waals surface area contributed by atoms with Crippen molar-refractivity contribution in [2.45, 2.75) is 18.0 Å². The molecule has 6 nitrogen and oxygen atoms in total. The summed E-state index contributed by atoms with van der Waals surface area (Å²) in [4.78, 5) is 23.5. The largest absolute Gasteiger partial charge is 0.324 e. The van der Waals surface area contributed by atoms with Crippen LogP contribution < -0.4 is 15.5 Å². The van der Waals surface area contributed by atoms with Gasteiger partial charge in [0.2, 0.25) is 5.95 Å². The highest BCUT2D eigenvalue weighted by atomic mass is 35.5. The zero-order valence-corrected chi connectivity index (χ0v) is 19.2. The van der Waals surface area contributed by atoms with Gasteiger partial charge in [0.15, 0.2) is 0 Å². The number of hydrogen-bond donors (Lipinski definition) is 2. The van der Waals surface area contributed by atoms with E-state index in [-0.39, 0.29) is 5.91 Å². The monoisotopic (exact) mass is 491 g/mol. The Morgan fingerprint density at radius 2 is 1.94 bits per heavy atom. The molecule has 2 aliphatic heterocycles. The maximum absolute atomic E-state index is 13.1. The summed E-state index contributed by atoms with van der Waals surface area (Å²) in [5, 5.41) is 8.70. The van der Waals surface area contributed by atoms with Gasteiger partial charge in [0.1, 0.15) is 5.03 Å². The highest BCUT2D eigenvalue weighted by Gasteiger charge is 2.30. The summed E-state index contributed by atoms with van der Waals surface area (Å²) >= 11 is 20.5. The predicted molar refractivity (Wildman–Crippen MR) is 126 cm³/mol. The third kappa shape index (κ3) is 3.97. The maximum Gasteiger partial charge on any atom is 0.263 e. The van der Waals surface area contributed by atoms with E-state index in [4.69, 9.17) is 34.8 Å². The van der Waals surface area contributed by atoms with E-state index in [9.17, 15) is 4.79 Å². The van der Waals surface area contributed by atoms with Gasteiger partial charge < -0.3 is 10.6 Å². The number of carbonyl (C=O) groups is 1. The van der Waals surface area contributed by atoms with E-state index in [1.54, 1.807) is 23.1 Å². The molecule has 0 saturated carbocycles. The van der Waals surface area contributed by atoms with Crippen LogP contribution in [0, 0.1) is 0 Å². The van der Waals surface area contributed by atoms with Crippen LogP contribution in [-0.2, 0) is 13.0 Å². The highest BCUT2D eigenvalue weighted by Crippen LogP contribution is 2.39. The van der Waals surface area contributed by atoms with Gasteiger partial charge in [-0.2, -0.15) is 0 Å². The summed E-state index contributed by atoms with van der Waals surface area (Å²) < 4.78 is 0. The Bertz CT molecular complexity index is 1190. The first-order chi connectivity index (χ1) is 15.0. The van der Waals surface area contributed by atoms with Gasteiger partial charge in [-0.15, -0.1) is 0 Å². The van der Waals surface area contributed by atoms with Crippen LogP contribution in [-0.4, -0.2) is 28.3 Å². The molecule has 5 rings (SSSR count). The Balaban J connectivity index is 1.41. The Morgan fingerprint density at radius 1 is 1.13 bits per heavy atom. The van der Waals surface area contributed by atoms with E-state index in [1.165, 1.54) is 23.5 Å². The number of fused-ring (bicyclic) bond motifs is 2. The van der Waals surface area contributed by atoms with E-state index >= 15 is 0 Å². The van der Waals surface area contributed by atoms with Crippen molar-refractivity contribution in [2.24, 2.45) is 0 Å². The summed E-state index contributed by atoms with van der Waals surface area (Å²) in [5.41, 5.74) is 4.07. The fourth-order valence-electron chi connectivity index (χ4n) is 3.68. The van der Waals surface area contributed by atoms with E-state index in [0.717, 1.165) is 30.8 Å². The second-order valence-electron chi connectivity index (χ2n) is 7.14. The van der Waals surface area contributed by atoms with Gasteiger partial charge in [0, 0.05) is 23.5 Å². The van der Waals surface area contributed by atoms with Crippen LogP contribution in [0.4, 0.5) is 17.3 Å². The SMILES string of the molecule is O=C1c2cnc(Nc3cc(Cl)c4c(c3)CCNC4)nc2SCN1c1c(Cl)cccc1Cl. The molecule has 0 atom stereocenters. The normalized spacial score (nSPS) is 15.5. The van der Waals surface area contributed by atoms with Crippen LogP contribution in [0.3, 0.4) is 0 Å². The molecule has 31 heavy (non-hydrogen) atoms. The number of carbonyl (C=O) groups excluding carboxylic acids is 1. The van der Waals surface area contributed by atoms with E-state index < -0.39 is 0 Å². The Kier molecular flexibility index (Phi) is 5.71. The van der Waals surface area contributed by atoms with Crippen molar-refractivity contribution < 1.29 is 4.79 Å². The third-order valence-corrected chi connectivity index (χ3v) is 7.10. The molecule has 0 fully saturated rings. The summed E-state index contributed by atoms with van der Waals surface area (Å²) in [6.07, 6.45) is 2.45. The molecule has 1 aromatic heterocycles. The molecule has 3 aromatic rings. The molecule has 2 aromatic carbocycles. The first-order valence-corrected chi connectivity index (χ1v) is 11.7. The topological polar surface area (TPSA) is 70.1 Å². The van der Waals surface area contributed by atoms with Gasteiger partial charge >= 0.3 is 0 Å². The van der Waals surface area contributed by atoms with Crippen molar-refractivity contribution in [1.82, 2.24) is 15.3 Å². The molecule has 2 aliphatic rings. The molecule has 0 bridgehead atoms. The van der Waals surface area contributed by atoms with Crippen molar-refractivity contribution in [1.29, 1.82) is 0 Å². The number of aromatic nitrogens is 2. The van der Waals surface area contributed by atoms with Crippen molar-refractivity contribution in [3.8, 4) is 0 Å². The van der Waals surface area contributed by atoms with Crippen molar-refractivity contribution >= 4 is 69.8 Å². The van der Waals surface area contributed by atoms with Crippen LogP contribution in [0.1, 0.15) is 21.5 Å². The molecule has 0 unspecified atom stereocenters. The predicted octanol–water partition coefficient (Wildman–Crippen LogP) is 5.54. The minimum absolute atomic E-state index is 0.236. The van der Waals surface area contributed by atoms with Gasteiger partial charge in [-0.3, -0.25) is 9.69 Å². The molecular formula is C21H16Cl3N5OS. The van der Waals surface area contributed by atoms with Crippen LogP contribution in [0.25, 0.3) is 0 Å². The molecule has 0 radical (unpaired) electrons. The van der Waals surface area contributed by atoms with Gasteiger partial charge in [0.25, 0.3) is 5.91 Å². The summed E-state index contributed by atoms with van der Waals surface area (Å²) in [6.45, 7) is 1.70. The minimum atomic E-state index is -0.236. The number of nitrogens with zero attached hydrogens (tertiary/aromatic N) is 3. The fourth-order valence-corrected chi connectivity index (χ4v) is 5.53. The molecule has 0 aliphatic carbocycles. The summed E-state index contributed by atoms with van der Waals surface area (Å²) in [6, 6.07) is 9.10. The lowest BCUT2D eigenvalue weighted by atomic mass is 10.0. The number of nitrogens with one attached hydrogen (secondary N) is 2. The number of hydrogen-bond acceptors (Lipinski definition) is 6. The third-order valence-electron chi connectivity index (χ3n) is 5.18. The Morgan fingerprint density at radius 3 is 2.74 bits per heavy atom. The molecule has 0 saturated heterocycles. The van der Waals surface area contributed by atoms with Gasteiger partial charge in [-0.1, -0.05) is 52.6 Å². The number of thioether (sulfide) groups is 1. The van der Waals surface area contributed by atoms with E-state index in [0.29, 0.717) is 43.2 Å². The van der Waals surface area contributed by atoms with Crippen molar-refractivity contribution in [3.05, 3.63) is 68.3 Å². The first-order valence-electron chi connectivity index (χ1n) is 9.56. The zero-order valence-electron chi connectivity index (χ0n) is 16.1. The molecule has 2 N–H and O–H groups in total. The van der Waals surface area contributed by atoms with Crippen molar-refractivity contribution in [3.63, 3.8) is 0 Å². The van der Waals surface area contributed by atoms with Crippen LogP contribution in [0.5, 0.6) is 0 Å². The van der Waals surface area contributed by atoms with Crippen LogP contribution >= 0.6 is 46.6 Å². The van der Waals surface area contributed by atoms with E-state index in [2.05, 4.69) is 26.7 Å². The second-order valence-corrected chi connectivity index (χ2v) is 9.29. The van der Waals surface area contributed by atoms with Crippen LogP contribution in [0.15, 0.2) is 41.6 Å². The quantitative estimate of drug-likeness (QED) is 0.468.